The van der Waals surface area contributed by atoms with Crippen LogP contribution in [-0.2, 0) is 9.53 Å². The number of ether oxygens (including phenoxy) is 1. The van der Waals surface area contributed by atoms with E-state index < -0.39 is 29.1 Å². The van der Waals surface area contributed by atoms with Gasteiger partial charge in [0.15, 0.2) is 0 Å². The second-order valence-electron chi connectivity index (χ2n) is 7.39. The average molecular weight is 355 g/mol. The van der Waals surface area contributed by atoms with Crippen molar-refractivity contribution in [3.8, 4) is 0 Å². The van der Waals surface area contributed by atoms with Crippen molar-refractivity contribution < 1.29 is 19.4 Å². The summed E-state index contributed by atoms with van der Waals surface area (Å²) in [6.45, 7) is 6.70. The summed E-state index contributed by atoms with van der Waals surface area (Å²) in [7, 11) is 0. The van der Waals surface area contributed by atoms with Gasteiger partial charge >= 0.3 is 12.1 Å². The molecule has 0 aliphatic carbocycles. The van der Waals surface area contributed by atoms with Crippen LogP contribution < -0.4 is 5.32 Å². The van der Waals surface area contributed by atoms with Gasteiger partial charge in [-0.05, 0) is 38.8 Å². The second kappa shape index (κ2) is 7.60. The summed E-state index contributed by atoms with van der Waals surface area (Å²) in [5, 5.41) is 12.6. The van der Waals surface area contributed by atoms with Gasteiger partial charge in [0.25, 0.3) is 0 Å². The molecule has 2 aromatic rings. The highest BCUT2D eigenvalue weighted by Gasteiger charge is 2.45. The molecule has 0 aliphatic heterocycles. The van der Waals surface area contributed by atoms with Crippen molar-refractivity contribution in [3.63, 3.8) is 0 Å². The Hall–Kier alpha value is -2.82. The Kier molecular flexibility index (Phi) is 5.70. The molecule has 0 aromatic heterocycles. The molecule has 5 nitrogen and oxygen atoms in total. The number of carbonyl (C=O) groups is 2. The number of hydrogen-bond donors (Lipinski definition) is 2. The molecule has 1 atom stereocenters. The molecule has 2 N–H and O–H groups in total. The molecule has 1 amide bonds. The summed E-state index contributed by atoms with van der Waals surface area (Å²) >= 11 is 0. The first-order valence-corrected chi connectivity index (χ1v) is 8.48. The first-order valence-electron chi connectivity index (χ1n) is 8.48. The standard InChI is InChI=1S/C21H25NO4/c1-20(2,3)26-19(25)22-21(4,18(23)24)17(15-11-7-5-8-12-15)16-13-9-6-10-14-16/h5-14,17H,1-4H3,(H,22,25)(H,23,24). The Morgan fingerprint density at radius 3 is 1.65 bits per heavy atom. The lowest BCUT2D eigenvalue weighted by molar-refractivity contribution is -0.144. The summed E-state index contributed by atoms with van der Waals surface area (Å²) in [5.74, 6) is -1.73. The van der Waals surface area contributed by atoms with Crippen LogP contribution in [0.5, 0.6) is 0 Å². The highest BCUT2D eigenvalue weighted by atomic mass is 16.6. The quantitative estimate of drug-likeness (QED) is 0.843. The molecule has 5 heteroatoms. The van der Waals surface area contributed by atoms with Gasteiger partial charge in [-0.25, -0.2) is 9.59 Å². The van der Waals surface area contributed by atoms with Crippen molar-refractivity contribution in [2.24, 2.45) is 0 Å². The van der Waals surface area contributed by atoms with Crippen molar-refractivity contribution in [1.82, 2.24) is 5.32 Å². The van der Waals surface area contributed by atoms with Crippen molar-refractivity contribution in [1.29, 1.82) is 0 Å². The predicted molar refractivity (Wildman–Crippen MR) is 100 cm³/mol. The molecule has 0 bridgehead atoms. The summed E-state index contributed by atoms with van der Waals surface area (Å²) < 4.78 is 5.29. The number of carbonyl (C=O) groups excluding carboxylic acids is 1. The van der Waals surface area contributed by atoms with E-state index in [4.69, 9.17) is 4.74 Å². The van der Waals surface area contributed by atoms with Gasteiger partial charge < -0.3 is 15.2 Å². The Balaban J connectivity index is 2.50. The zero-order valence-corrected chi connectivity index (χ0v) is 15.5. The fourth-order valence-electron chi connectivity index (χ4n) is 2.91. The predicted octanol–water partition coefficient (Wildman–Crippen LogP) is 4.19. The molecule has 2 rings (SSSR count). The first-order chi connectivity index (χ1) is 12.1. The van der Waals surface area contributed by atoms with Crippen molar-refractivity contribution in [2.75, 3.05) is 0 Å². The molecule has 0 saturated heterocycles. The van der Waals surface area contributed by atoms with E-state index in [0.717, 1.165) is 11.1 Å². The minimum atomic E-state index is -1.59. The summed E-state index contributed by atoms with van der Waals surface area (Å²) in [4.78, 5) is 24.6. The highest BCUT2D eigenvalue weighted by molar-refractivity contribution is 5.86. The third-order valence-electron chi connectivity index (χ3n) is 4.05. The van der Waals surface area contributed by atoms with Gasteiger partial charge in [0.05, 0.1) is 0 Å². The number of benzene rings is 2. The largest absolute Gasteiger partial charge is 0.479 e. The number of rotatable bonds is 5. The maximum Gasteiger partial charge on any atom is 0.408 e. The van der Waals surface area contributed by atoms with E-state index in [1.54, 1.807) is 20.8 Å². The van der Waals surface area contributed by atoms with Gasteiger partial charge in [0, 0.05) is 5.92 Å². The number of hydrogen-bond acceptors (Lipinski definition) is 3. The molecule has 1 unspecified atom stereocenters. The minimum absolute atomic E-state index is 0.588. The average Bonchev–Trinajstić information content (AvgIpc) is 2.55. The monoisotopic (exact) mass is 355 g/mol. The van der Waals surface area contributed by atoms with Crippen LogP contribution in [0.2, 0.25) is 0 Å². The summed E-state index contributed by atoms with van der Waals surface area (Å²) in [6.07, 6.45) is -0.765. The minimum Gasteiger partial charge on any atom is -0.479 e. The number of carboxylic acids is 1. The maximum atomic E-state index is 12.3. The van der Waals surface area contributed by atoms with Crippen molar-refractivity contribution in [2.45, 2.75) is 44.8 Å². The topological polar surface area (TPSA) is 75.6 Å². The van der Waals surface area contributed by atoms with Crippen LogP contribution >= 0.6 is 0 Å². The SMILES string of the molecule is CC(C)(C)OC(=O)NC(C)(C(=O)O)C(c1ccccc1)c1ccccc1. The van der Waals surface area contributed by atoms with Crippen LogP contribution in [0.4, 0.5) is 4.79 Å². The molecule has 0 heterocycles. The second-order valence-corrected chi connectivity index (χ2v) is 7.39. The van der Waals surface area contributed by atoms with Crippen LogP contribution in [0.25, 0.3) is 0 Å². The van der Waals surface area contributed by atoms with Gasteiger partial charge in [0.2, 0.25) is 0 Å². The molecule has 0 aliphatic rings. The van der Waals surface area contributed by atoms with Gasteiger partial charge in [0.1, 0.15) is 11.1 Å². The molecular weight excluding hydrogens is 330 g/mol. The van der Waals surface area contributed by atoms with Gasteiger partial charge in [-0.2, -0.15) is 0 Å². The fourth-order valence-corrected chi connectivity index (χ4v) is 2.91. The molecule has 0 spiro atoms. The smallest absolute Gasteiger partial charge is 0.408 e. The lowest BCUT2D eigenvalue weighted by Crippen LogP contribution is -2.57. The zero-order valence-electron chi connectivity index (χ0n) is 15.5. The van der Waals surface area contributed by atoms with E-state index in [-0.39, 0.29) is 0 Å². The maximum absolute atomic E-state index is 12.3. The van der Waals surface area contributed by atoms with E-state index in [9.17, 15) is 14.7 Å². The number of aliphatic carboxylic acids is 1. The van der Waals surface area contributed by atoms with E-state index in [1.165, 1.54) is 6.92 Å². The normalized spacial score (nSPS) is 13.7. The van der Waals surface area contributed by atoms with Gasteiger partial charge in [-0.15, -0.1) is 0 Å². The number of carboxylic acid groups (broad SMARTS) is 1. The summed E-state index contributed by atoms with van der Waals surface area (Å²) in [6, 6.07) is 18.6. The van der Waals surface area contributed by atoms with Crippen LogP contribution in [-0.4, -0.2) is 28.3 Å². The van der Waals surface area contributed by atoms with Crippen LogP contribution in [0.15, 0.2) is 60.7 Å². The number of alkyl carbamates (subject to hydrolysis) is 1. The molecule has 2 aromatic carbocycles. The molecule has 0 radical (unpaired) electrons. The van der Waals surface area contributed by atoms with Crippen LogP contribution in [0.1, 0.15) is 44.7 Å². The van der Waals surface area contributed by atoms with E-state index >= 15 is 0 Å². The van der Waals surface area contributed by atoms with Crippen molar-refractivity contribution >= 4 is 12.1 Å². The van der Waals surface area contributed by atoms with Gasteiger partial charge in [-0.1, -0.05) is 60.7 Å². The fraction of sp³-hybridized carbons (Fsp3) is 0.333. The van der Waals surface area contributed by atoms with E-state index in [2.05, 4.69) is 5.32 Å². The molecular formula is C21H25NO4. The Bertz CT molecular complexity index is 713. The van der Waals surface area contributed by atoms with E-state index in [0.29, 0.717) is 0 Å². The Morgan fingerprint density at radius 1 is 0.885 bits per heavy atom. The summed E-state index contributed by atoms with van der Waals surface area (Å²) in [5.41, 5.74) is -0.733. The number of nitrogens with one attached hydrogen (secondary N) is 1. The van der Waals surface area contributed by atoms with Crippen LogP contribution in [0, 0.1) is 0 Å². The third kappa shape index (κ3) is 4.63. The van der Waals surface area contributed by atoms with Gasteiger partial charge in [-0.3, -0.25) is 0 Å². The first kappa shape index (κ1) is 19.5. The lowest BCUT2D eigenvalue weighted by atomic mass is 9.76. The lowest BCUT2D eigenvalue weighted by Gasteiger charge is -2.36. The van der Waals surface area contributed by atoms with E-state index in [1.807, 2.05) is 60.7 Å². The molecule has 26 heavy (non-hydrogen) atoms. The Morgan fingerprint density at radius 2 is 1.31 bits per heavy atom. The van der Waals surface area contributed by atoms with Crippen LogP contribution in [0.3, 0.4) is 0 Å². The molecule has 0 saturated carbocycles. The van der Waals surface area contributed by atoms with Crippen molar-refractivity contribution in [3.05, 3.63) is 71.8 Å². The Labute approximate surface area is 154 Å². The number of amides is 1. The molecule has 0 fully saturated rings. The third-order valence-corrected chi connectivity index (χ3v) is 4.05. The molecule has 138 valence electrons. The highest BCUT2D eigenvalue weighted by Crippen LogP contribution is 2.35. The zero-order chi connectivity index (χ0) is 19.4.